The summed E-state index contributed by atoms with van der Waals surface area (Å²) in [5, 5.41) is 14.2. The van der Waals surface area contributed by atoms with Gasteiger partial charge in [0.25, 0.3) is 0 Å². The van der Waals surface area contributed by atoms with Crippen molar-refractivity contribution in [3.8, 4) is 0 Å². The molecular formula is C12H10BrN3O3S. The number of nitrogens with zero attached hydrogens (tertiary/aromatic N) is 1. The molecule has 0 aliphatic heterocycles. The van der Waals surface area contributed by atoms with Crippen LogP contribution in [-0.2, 0) is 6.54 Å². The summed E-state index contributed by atoms with van der Waals surface area (Å²) < 4.78 is 0.459. The number of aromatic nitrogens is 1. The zero-order chi connectivity index (χ0) is 14.5. The van der Waals surface area contributed by atoms with E-state index in [1.807, 2.05) is 0 Å². The molecule has 1 aromatic carbocycles. The molecule has 0 fully saturated rings. The van der Waals surface area contributed by atoms with Gasteiger partial charge in [0.2, 0.25) is 0 Å². The van der Waals surface area contributed by atoms with Gasteiger partial charge in [-0.1, -0.05) is 0 Å². The third-order valence-corrected chi connectivity index (χ3v) is 3.83. The molecule has 2 aromatic rings. The number of thiazole rings is 1. The number of anilines is 1. The van der Waals surface area contributed by atoms with Crippen molar-refractivity contribution in [2.45, 2.75) is 6.54 Å². The monoisotopic (exact) mass is 355 g/mol. The maximum Gasteiger partial charge on any atom is 0.336 e. The first-order chi connectivity index (χ1) is 9.56. The number of halogens is 1. The van der Waals surface area contributed by atoms with Crippen molar-refractivity contribution < 1.29 is 14.7 Å². The van der Waals surface area contributed by atoms with E-state index in [-0.39, 0.29) is 5.56 Å². The molecule has 0 unspecified atom stereocenters. The van der Waals surface area contributed by atoms with Gasteiger partial charge in [-0.25, -0.2) is 9.59 Å². The summed E-state index contributed by atoms with van der Waals surface area (Å²) in [6.07, 6.45) is 1.67. The summed E-state index contributed by atoms with van der Waals surface area (Å²) in [5.41, 5.74) is 2.18. The maximum absolute atomic E-state index is 11.7. The molecule has 0 aliphatic carbocycles. The fourth-order valence-corrected chi connectivity index (χ4v) is 2.39. The first-order valence-corrected chi connectivity index (χ1v) is 7.18. The predicted octanol–water partition coefficient (Wildman–Crippen LogP) is 2.93. The Balaban J connectivity index is 1.97. The van der Waals surface area contributed by atoms with Gasteiger partial charge in [0, 0.05) is 21.2 Å². The number of carbonyl (C=O) groups excluding carboxylic acids is 1. The second-order valence-electron chi connectivity index (χ2n) is 3.78. The number of benzene rings is 1. The van der Waals surface area contributed by atoms with Crippen LogP contribution in [0.4, 0.5) is 10.5 Å². The first kappa shape index (κ1) is 14.5. The van der Waals surface area contributed by atoms with Crippen molar-refractivity contribution in [1.29, 1.82) is 0 Å². The Kier molecular flexibility index (Phi) is 4.70. The summed E-state index contributed by atoms with van der Waals surface area (Å²) in [6, 6.07) is 4.17. The summed E-state index contributed by atoms with van der Waals surface area (Å²) in [7, 11) is 0. The van der Waals surface area contributed by atoms with Crippen molar-refractivity contribution in [2.75, 3.05) is 5.32 Å². The van der Waals surface area contributed by atoms with Crippen LogP contribution in [0.3, 0.4) is 0 Å². The minimum absolute atomic E-state index is 0.0882. The van der Waals surface area contributed by atoms with Gasteiger partial charge in [0.15, 0.2) is 0 Å². The minimum Gasteiger partial charge on any atom is -0.478 e. The SMILES string of the molecule is O=C(NCc1cncs1)Nc1ccc(Br)c(C(=O)O)c1. The number of amides is 2. The predicted molar refractivity (Wildman–Crippen MR) is 79.1 cm³/mol. The molecule has 0 bridgehead atoms. The molecule has 0 spiro atoms. The van der Waals surface area contributed by atoms with Gasteiger partial charge in [-0.3, -0.25) is 4.98 Å². The average molecular weight is 356 g/mol. The van der Waals surface area contributed by atoms with E-state index < -0.39 is 12.0 Å². The molecule has 104 valence electrons. The molecule has 3 N–H and O–H groups in total. The van der Waals surface area contributed by atoms with Gasteiger partial charge >= 0.3 is 12.0 Å². The van der Waals surface area contributed by atoms with E-state index in [1.54, 1.807) is 23.8 Å². The zero-order valence-electron chi connectivity index (χ0n) is 10.1. The van der Waals surface area contributed by atoms with Crippen molar-refractivity contribution in [3.63, 3.8) is 0 Å². The summed E-state index contributed by atoms with van der Waals surface area (Å²) in [5.74, 6) is -1.06. The molecule has 0 aliphatic rings. The van der Waals surface area contributed by atoms with Crippen molar-refractivity contribution in [3.05, 3.63) is 44.8 Å². The van der Waals surface area contributed by atoms with Crippen LogP contribution in [0.1, 0.15) is 15.2 Å². The van der Waals surface area contributed by atoms with E-state index in [2.05, 4.69) is 31.5 Å². The van der Waals surface area contributed by atoms with E-state index in [4.69, 9.17) is 5.11 Å². The zero-order valence-corrected chi connectivity index (χ0v) is 12.5. The third-order valence-electron chi connectivity index (χ3n) is 2.36. The number of carbonyl (C=O) groups is 2. The highest BCUT2D eigenvalue weighted by Gasteiger charge is 2.10. The van der Waals surface area contributed by atoms with Crippen LogP contribution in [0.15, 0.2) is 34.4 Å². The van der Waals surface area contributed by atoms with Crippen LogP contribution in [0.2, 0.25) is 0 Å². The average Bonchev–Trinajstić information content (AvgIpc) is 2.91. The largest absolute Gasteiger partial charge is 0.478 e. The lowest BCUT2D eigenvalue weighted by Crippen LogP contribution is -2.27. The van der Waals surface area contributed by atoms with Crippen molar-refractivity contribution >= 4 is 45.0 Å². The van der Waals surface area contributed by atoms with E-state index in [9.17, 15) is 9.59 Å². The number of urea groups is 1. The van der Waals surface area contributed by atoms with Crippen LogP contribution >= 0.6 is 27.3 Å². The van der Waals surface area contributed by atoms with Gasteiger partial charge < -0.3 is 15.7 Å². The summed E-state index contributed by atoms with van der Waals surface area (Å²) in [4.78, 5) is 27.5. The molecular weight excluding hydrogens is 346 g/mol. The highest BCUT2D eigenvalue weighted by atomic mass is 79.9. The number of nitrogens with one attached hydrogen (secondary N) is 2. The molecule has 0 saturated heterocycles. The second-order valence-corrected chi connectivity index (χ2v) is 5.60. The molecule has 0 saturated carbocycles. The highest BCUT2D eigenvalue weighted by Crippen LogP contribution is 2.21. The second kappa shape index (κ2) is 6.49. The van der Waals surface area contributed by atoms with Crippen LogP contribution in [0, 0.1) is 0 Å². The van der Waals surface area contributed by atoms with Gasteiger partial charge in [-0.05, 0) is 34.1 Å². The molecule has 2 rings (SSSR count). The molecule has 0 atom stereocenters. The molecule has 0 radical (unpaired) electrons. The fraction of sp³-hybridized carbons (Fsp3) is 0.0833. The highest BCUT2D eigenvalue weighted by molar-refractivity contribution is 9.10. The van der Waals surface area contributed by atoms with Crippen LogP contribution in [0.5, 0.6) is 0 Å². The number of rotatable bonds is 4. The van der Waals surface area contributed by atoms with Gasteiger partial charge in [-0.2, -0.15) is 0 Å². The fourth-order valence-electron chi connectivity index (χ4n) is 1.44. The van der Waals surface area contributed by atoms with Gasteiger partial charge in [-0.15, -0.1) is 11.3 Å². The lowest BCUT2D eigenvalue weighted by Gasteiger charge is -2.08. The molecule has 1 heterocycles. The Morgan fingerprint density at radius 1 is 1.40 bits per heavy atom. The molecule has 8 heteroatoms. The first-order valence-electron chi connectivity index (χ1n) is 5.51. The van der Waals surface area contributed by atoms with Crippen LogP contribution in [0.25, 0.3) is 0 Å². The minimum atomic E-state index is -1.06. The normalized spacial score (nSPS) is 10.1. The Bertz CT molecular complexity index is 631. The van der Waals surface area contributed by atoms with Gasteiger partial charge in [0.05, 0.1) is 17.6 Å². The molecule has 1 aromatic heterocycles. The topological polar surface area (TPSA) is 91.3 Å². The van der Waals surface area contributed by atoms with Gasteiger partial charge in [0.1, 0.15) is 0 Å². The molecule has 6 nitrogen and oxygen atoms in total. The summed E-state index contributed by atoms with van der Waals surface area (Å²) in [6.45, 7) is 0.374. The Labute approximate surface area is 127 Å². The number of hydrogen-bond donors (Lipinski definition) is 3. The molecule has 20 heavy (non-hydrogen) atoms. The Morgan fingerprint density at radius 2 is 2.20 bits per heavy atom. The van der Waals surface area contributed by atoms with E-state index in [1.165, 1.54) is 17.4 Å². The standard InChI is InChI=1S/C12H10BrN3O3S/c13-10-2-1-7(3-9(10)11(17)18)16-12(19)15-5-8-4-14-6-20-8/h1-4,6H,5H2,(H,17,18)(H2,15,16,19). The lowest BCUT2D eigenvalue weighted by atomic mass is 10.2. The van der Waals surface area contributed by atoms with E-state index in [0.717, 1.165) is 4.88 Å². The number of carboxylic acids is 1. The lowest BCUT2D eigenvalue weighted by molar-refractivity contribution is 0.0696. The molecule has 2 amide bonds. The number of aromatic carboxylic acids is 1. The van der Waals surface area contributed by atoms with Crippen molar-refractivity contribution in [1.82, 2.24) is 10.3 Å². The van der Waals surface area contributed by atoms with E-state index in [0.29, 0.717) is 16.7 Å². The number of carboxylic acid groups (broad SMARTS) is 1. The maximum atomic E-state index is 11.7. The van der Waals surface area contributed by atoms with E-state index >= 15 is 0 Å². The quantitative estimate of drug-likeness (QED) is 0.786. The van der Waals surface area contributed by atoms with Crippen LogP contribution in [-0.4, -0.2) is 22.1 Å². The Hall–Kier alpha value is -1.93. The smallest absolute Gasteiger partial charge is 0.336 e. The third kappa shape index (κ3) is 3.78. The van der Waals surface area contributed by atoms with Crippen LogP contribution < -0.4 is 10.6 Å². The number of hydrogen-bond acceptors (Lipinski definition) is 4. The van der Waals surface area contributed by atoms with Crippen molar-refractivity contribution in [2.24, 2.45) is 0 Å². The summed E-state index contributed by atoms with van der Waals surface area (Å²) >= 11 is 4.58. The Morgan fingerprint density at radius 3 is 2.85 bits per heavy atom.